The van der Waals surface area contributed by atoms with Gasteiger partial charge in [-0.15, -0.1) is 11.3 Å². The Balaban J connectivity index is 1.79. The molecule has 1 fully saturated rings. The highest BCUT2D eigenvalue weighted by molar-refractivity contribution is 7.21. The first-order chi connectivity index (χ1) is 12.9. The van der Waals surface area contributed by atoms with Gasteiger partial charge in [0.1, 0.15) is 16.9 Å². The molecule has 0 radical (unpaired) electrons. The SMILES string of the molecule is Cc1nc(N)nc(NC2(O)CCC(CO)C2O)c1-c1nc2ccccc2s1. The molecule has 3 atom stereocenters. The standard InChI is InChI=1S/C18H21N5O3S/c1-9-13(16-21-11-4-2-3-5-12(11)27-16)15(22-17(19)20-9)23-18(26)7-6-10(8-24)14(18)25/h2-5,10,14,24-26H,6-8H2,1H3,(H3,19,20,22,23). The van der Waals surface area contributed by atoms with Crippen molar-refractivity contribution in [3.63, 3.8) is 0 Å². The summed E-state index contributed by atoms with van der Waals surface area (Å²) in [5, 5.41) is 34.4. The lowest BCUT2D eigenvalue weighted by Gasteiger charge is -2.30. The predicted octanol–water partition coefficient (Wildman–Crippen LogP) is 1.51. The third kappa shape index (κ3) is 3.12. The summed E-state index contributed by atoms with van der Waals surface area (Å²) in [5.41, 5.74) is 6.34. The van der Waals surface area contributed by atoms with Gasteiger partial charge in [-0.3, -0.25) is 0 Å². The quantitative estimate of drug-likeness (QED) is 0.425. The number of hydrogen-bond acceptors (Lipinski definition) is 9. The maximum absolute atomic E-state index is 10.9. The number of anilines is 2. The minimum absolute atomic E-state index is 0.0645. The van der Waals surface area contributed by atoms with E-state index in [0.717, 1.165) is 10.2 Å². The van der Waals surface area contributed by atoms with Crippen molar-refractivity contribution in [2.45, 2.75) is 31.6 Å². The molecule has 27 heavy (non-hydrogen) atoms. The van der Waals surface area contributed by atoms with Crippen LogP contribution in [0.2, 0.25) is 0 Å². The van der Waals surface area contributed by atoms with Crippen molar-refractivity contribution in [3.05, 3.63) is 30.0 Å². The number of nitrogens with one attached hydrogen (secondary N) is 1. The van der Waals surface area contributed by atoms with E-state index >= 15 is 0 Å². The van der Waals surface area contributed by atoms with Crippen LogP contribution in [0.15, 0.2) is 24.3 Å². The summed E-state index contributed by atoms with van der Waals surface area (Å²) in [7, 11) is 0. The van der Waals surface area contributed by atoms with E-state index in [4.69, 9.17) is 5.73 Å². The first-order valence-electron chi connectivity index (χ1n) is 8.71. The summed E-state index contributed by atoms with van der Waals surface area (Å²) in [5.74, 6) is -0.0115. The van der Waals surface area contributed by atoms with E-state index in [1.807, 2.05) is 24.3 Å². The van der Waals surface area contributed by atoms with E-state index in [2.05, 4.69) is 20.3 Å². The van der Waals surface area contributed by atoms with Gasteiger partial charge in [0.05, 0.1) is 21.5 Å². The van der Waals surface area contributed by atoms with Crippen molar-refractivity contribution >= 4 is 33.3 Å². The van der Waals surface area contributed by atoms with Gasteiger partial charge in [0, 0.05) is 12.5 Å². The molecule has 3 unspecified atom stereocenters. The maximum Gasteiger partial charge on any atom is 0.222 e. The van der Waals surface area contributed by atoms with Crippen LogP contribution in [0.1, 0.15) is 18.5 Å². The number of para-hydroxylation sites is 1. The zero-order valence-electron chi connectivity index (χ0n) is 14.8. The lowest BCUT2D eigenvalue weighted by Crippen LogP contribution is -2.48. The lowest BCUT2D eigenvalue weighted by molar-refractivity contribution is -0.0545. The molecule has 2 heterocycles. The number of hydrogen-bond donors (Lipinski definition) is 5. The van der Waals surface area contributed by atoms with Gasteiger partial charge in [-0.05, 0) is 31.9 Å². The highest BCUT2D eigenvalue weighted by Crippen LogP contribution is 2.40. The number of rotatable bonds is 4. The van der Waals surface area contributed by atoms with E-state index in [0.29, 0.717) is 28.5 Å². The molecule has 0 spiro atoms. The van der Waals surface area contributed by atoms with E-state index in [1.165, 1.54) is 11.3 Å². The monoisotopic (exact) mass is 387 g/mol. The van der Waals surface area contributed by atoms with Gasteiger partial charge in [0.2, 0.25) is 5.95 Å². The van der Waals surface area contributed by atoms with Gasteiger partial charge in [-0.25, -0.2) is 9.97 Å². The highest BCUT2D eigenvalue weighted by atomic mass is 32.1. The van der Waals surface area contributed by atoms with Gasteiger partial charge in [0.25, 0.3) is 0 Å². The van der Waals surface area contributed by atoms with Crippen LogP contribution in [-0.2, 0) is 0 Å². The van der Waals surface area contributed by atoms with E-state index < -0.39 is 17.7 Å². The van der Waals surface area contributed by atoms with Crippen LogP contribution in [0, 0.1) is 12.8 Å². The number of aliphatic hydroxyl groups excluding tert-OH is 2. The molecule has 8 nitrogen and oxygen atoms in total. The lowest BCUT2D eigenvalue weighted by atomic mass is 10.0. The molecule has 9 heteroatoms. The van der Waals surface area contributed by atoms with Gasteiger partial charge in [0.15, 0.2) is 5.72 Å². The molecule has 4 rings (SSSR count). The van der Waals surface area contributed by atoms with Gasteiger partial charge >= 0.3 is 0 Å². The zero-order valence-corrected chi connectivity index (χ0v) is 15.6. The Labute approximate surface area is 159 Å². The Morgan fingerprint density at radius 2 is 2.07 bits per heavy atom. The second-order valence-electron chi connectivity index (χ2n) is 6.85. The minimum Gasteiger partial charge on any atom is -0.396 e. The van der Waals surface area contributed by atoms with E-state index in [1.54, 1.807) is 6.92 Å². The Hall–Kier alpha value is -2.33. The average molecular weight is 387 g/mol. The summed E-state index contributed by atoms with van der Waals surface area (Å²) in [4.78, 5) is 13.2. The van der Waals surface area contributed by atoms with E-state index in [9.17, 15) is 15.3 Å². The predicted molar refractivity (Wildman–Crippen MR) is 104 cm³/mol. The molecule has 0 aliphatic heterocycles. The smallest absolute Gasteiger partial charge is 0.222 e. The number of nitrogens with zero attached hydrogens (tertiary/aromatic N) is 3. The fourth-order valence-corrected chi connectivity index (χ4v) is 4.62. The molecular formula is C18H21N5O3S. The summed E-state index contributed by atoms with van der Waals surface area (Å²) < 4.78 is 1.02. The third-order valence-corrected chi connectivity index (χ3v) is 6.07. The Morgan fingerprint density at radius 3 is 2.78 bits per heavy atom. The molecule has 6 N–H and O–H groups in total. The second kappa shape index (κ2) is 6.68. The first kappa shape index (κ1) is 18.1. The van der Waals surface area contributed by atoms with Gasteiger partial charge in [-0.2, -0.15) is 4.98 Å². The first-order valence-corrected chi connectivity index (χ1v) is 9.52. The summed E-state index contributed by atoms with van der Waals surface area (Å²) in [6.07, 6.45) is -0.346. The molecule has 1 aromatic carbocycles. The van der Waals surface area contributed by atoms with Crippen LogP contribution < -0.4 is 11.1 Å². The Morgan fingerprint density at radius 1 is 1.30 bits per heavy atom. The normalized spacial score (nSPS) is 25.2. The number of aryl methyl sites for hydroxylation is 1. The molecule has 3 aromatic rings. The number of fused-ring (bicyclic) bond motifs is 1. The fraction of sp³-hybridized carbons (Fsp3) is 0.389. The molecule has 1 aliphatic rings. The van der Waals surface area contributed by atoms with E-state index in [-0.39, 0.29) is 19.0 Å². The number of benzene rings is 1. The van der Waals surface area contributed by atoms with Crippen LogP contribution in [0.25, 0.3) is 20.8 Å². The van der Waals surface area contributed by atoms with Crippen molar-refractivity contribution in [2.24, 2.45) is 5.92 Å². The summed E-state index contributed by atoms with van der Waals surface area (Å²) in [6, 6.07) is 7.78. The van der Waals surface area contributed by atoms with Crippen molar-refractivity contribution < 1.29 is 15.3 Å². The minimum atomic E-state index is -1.61. The highest BCUT2D eigenvalue weighted by Gasteiger charge is 2.47. The second-order valence-corrected chi connectivity index (χ2v) is 7.88. The molecule has 1 saturated carbocycles. The Kier molecular flexibility index (Phi) is 4.47. The maximum atomic E-state index is 10.9. The topological polar surface area (TPSA) is 137 Å². The molecule has 142 valence electrons. The largest absolute Gasteiger partial charge is 0.396 e. The number of thiazole rings is 1. The number of nitrogens with two attached hydrogens (primary N) is 1. The van der Waals surface area contributed by atoms with Crippen molar-refractivity contribution in [1.29, 1.82) is 0 Å². The van der Waals surface area contributed by atoms with Crippen LogP contribution in [0.5, 0.6) is 0 Å². The molecule has 0 saturated heterocycles. The molecule has 0 amide bonds. The van der Waals surface area contributed by atoms with Crippen LogP contribution in [-0.4, -0.2) is 48.7 Å². The van der Waals surface area contributed by atoms with Crippen molar-refractivity contribution in [1.82, 2.24) is 15.0 Å². The number of aromatic nitrogens is 3. The van der Waals surface area contributed by atoms with Gasteiger partial charge in [-0.1, -0.05) is 12.1 Å². The number of nitrogen functional groups attached to an aromatic ring is 1. The zero-order chi connectivity index (χ0) is 19.2. The van der Waals surface area contributed by atoms with Crippen LogP contribution >= 0.6 is 11.3 Å². The Bertz CT molecular complexity index is 961. The van der Waals surface area contributed by atoms with Crippen LogP contribution in [0.3, 0.4) is 0 Å². The van der Waals surface area contributed by atoms with Crippen LogP contribution in [0.4, 0.5) is 11.8 Å². The summed E-state index contributed by atoms with van der Waals surface area (Å²) >= 11 is 1.49. The fourth-order valence-electron chi connectivity index (χ4n) is 3.55. The average Bonchev–Trinajstić information content (AvgIpc) is 3.16. The third-order valence-electron chi connectivity index (χ3n) is 5.02. The van der Waals surface area contributed by atoms with Gasteiger partial charge < -0.3 is 26.4 Å². The number of aliphatic hydroxyl groups is 3. The molecule has 0 bridgehead atoms. The van der Waals surface area contributed by atoms with Crippen molar-refractivity contribution in [2.75, 3.05) is 17.7 Å². The molecule has 2 aromatic heterocycles. The molecule has 1 aliphatic carbocycles. The summed E-state index contributed by atoms with van der Waals surface area (Å²) in [6.45, 7) is 1.61. The molecular weight excluding hydrogens is 366 g/mol. The van der Waals surface area contributed by atoms with Crippen molar-refractivity contribution in [3.8, 4) is 10.6 Å².